The van der Waals surface area contributed by atoms with Gasteiger partial charge in [0.05, 0.1) is 18.7 Å². The van der Waals surface area contributed by atoms with E-state index >= 15 is 0 Å². The third kappa shape index (κ3) is 6.81. The summed E-state index contributed by atoms with van der Waals surface area (Å²) >= 11 is 0. The number of nitrogens with zero attached hydrogens (tertiary/aromatic N) is 2. The molecule has 0 aromatic heterocycles. The van der Waals surface area contributed by atoms with Crippen LogP contribution in [0.5, 0.6) is 5.75 Å². The van der Waals surface area contributed by atoms with Crippen molar-refractivity contribution in [1.82, 2.24) is 10.2 Å². The van der Waals surface area contributed by atoms with E-state index in [0.29, 0.717) is 23.6 Å². The number of rotatable bonds is 9. The third-order valence-electron chi connectivity index (χ3n) is 9.88. The third-order valence-corrected chi connectivity index (χ3v) is 9.88. The molecule has 5 nitrogen and oxygen atoms in total. The van der Waals surface area contributed by atoms with Gasteiger partial charge in [-0.2, -0.15) is 5.26 Å². The molecule has 1 amide bonds. The van der Waals surface area contributed by atoms with Crippen molar-refractivity contribution >= 4 is 5.91 Å². The van der Waals surface area contributed by atoms with Crippen LogP contribution in [0.1, 0.15) is 105 Å². The largest absolute Gasteiger partial charge is 0.496 e. The van der Waals surface area contributed by atoms with Crippen LogP contribution < -0.4 is 10.1 Å². The Morgan fingerprint density at radius 3 is 2.16 bits per heavy atom. The summed E-state index contributed by atoms with van der Waals surface area (Å²) in [6.07, 6.45) is 6.78. The molecular weight excluding hydrogens is 530 g/mol. The molecular formula is C38H47N3O2. The van der Waals surface area contributed by atoms with E-state index in [1.54, 1.807) is 0 Å². The number of unbranched alkanes of at least 4 members (excludes halogenated alkanes) is 1. The van der Waals surface area contributed by atoms with Crippen LogP contribution in [0, 0.1) is 11.3 Å². The fourth-order valence-corrected chi connectivity index (χ4v) is 7.04. The number of nitriles is 1. The zero-order valence-electron chi connectivity index (χ0n) is 26.6. The maximum Gasteiger partial charge on any atom is 0.251 e. The van der Waals surface area contributed by atoms with E-state index in [-0.39, 0.29) is 16.7 Å². The van der Waals surface area contributed by atoms with Crippen LogP contribution in [0.4, 0.5) is 0 Å². The van der Waals surface area contributed by atoms with Gasteiger partial charge in [0.2, 0.25) is 0 Å². The molecule has 2 aliphatic rings. The molecule has 3 aromatic carbocycles. The first-order valence-electron chi connectivity index (χ1n) is 16.0. The van der Waals surface area contributed by atoms with E-state index in [4.69, 9.17) is 10.00 Å². The fraction of sp³-hybridized carbons (Fsp3) is 0.474. The topological polar surface area (TPSA) is 65.4 Å². The van der Waals surface area contributed by atoms with Crippen molar-refractivity contribution < 1.29 is 9.53 Å². The Morgan fingerprint density at radius 1 is 0.907 bits per heavy atom. The highest BCUT2D eigenvalue weighted by atomic mass is 16.5. The molecule has 1 aliphatic heterocycles. The van der Waals surface area contributed by atoms with Gasteiger partial charge in [-0.1, -0.05) is 64.1 Å². The minimum Gasteiger partial charge on any atom is -0.496 e. The van der Waals surface area contributed by atoms with Gasteiger partial charge in [0.1, 0.15) is 5.75 Å². The van der Waals surface area contributed by atoms with Gasteiger partial charge in [0.15, 0.2) is 0 Å². The second-order valence-electron chi connectivity index (χ2n) is 13.7. The molecule has 1 heterocycles. The Kier molecular flexibility index (Phi) is 9.28. The standard InChI is InChI=1S/C38H47N3O2/c1-37(2)20-21-38(3,4)34-33(37)17-16-32(35(34)43-5)30-18-24-41(25-19-30)23-7-6-22-40-36(42)31-14-12-29(13-15-31)28-10-8-27(26-39)9-11-28/h8-17,30H,6-7,18-25H2,1-5H3,(H,40,42). The van der Waals surface area contributed by atoms with Crippen molar-refractivity contribution in [2.75, 3.05) is 33.3 Å². The second kappa shape index (κ2) is 12.9. The van der Waals surface area contributed by atoms with Crippen molar-refractivity contribution in [3.8, 4) is 22.9 Å². The van der Waals surface area contributed by atoms with Crippen LogP contribution in [-0.4, -0.2) is 44.1 Å². The van der Waals surface area contributed by atoms with Gasteiger partial charge >= 0.3 is 0 Å². The Balaban J connectivity index is 1.07. The Bertz CT molecular complexity index is 1460. The zero-order chi connectivity index (χ0) is 30.6. The smallest absolute Gasteiger partial charge is 0.251 e. The Labute approximate surface area is 258 Å². The summed E-state index contributed by atoms with van der Waals surface area (Å²) in [4.78, 5) is 15.2. The maximum atomic E-state index is 12.7. The number of nitrogens with one attached hydrogen (secondary N) is 1. The molecule has 0 unspecified atom stereocenters. The minimum atomic E-state index is -0.0299. The molecule has 43 heavy (non-hydrogen) atoms. The van der Waals surface area contributed by atoms with Crippen LogP contribution in [0.25, 0.3) is 11.1 Å². The van der Waals surface area contributed by atoms with Crippen molar-refractivity contribution in [3.63, 3.8) is 0 Å². The van der Waals surface area contributed by atoms with Gasteiger partial charge in [0, 0.05) is 17.7 Å². The van der Waals surface area contributed by atoms with E-state index < -0.39 is 0 Å². The van der Waals surface area contributed by atoms with Gasteiger partial charge in [-0.25, -0.2) is 0 Å². The van der Waals surface area contributed by atoms with Gasteiger partial charge in [-0.3, -0.25) is 4.79 Å². The number of carbonyl (C=O) groups is 1. The molecule has 5 heteroatoms. The maximum absolute atomic E-state index is 12.7. The van der Waals surface area contributed by atoms with Crippen molar-refractivity contribution in [1.29, 1.82) is 5.26 Å². The average Bonchev–Trinajstić information content (AvgIpc) is 3.03. The predicted octanol–water partition coefficient (Wildman–Crippen LogP) is 7.97. The number of hydrogen-bond acceptors (Lipinski definition) is 4. The van der Waals surface area contributed by atoms with Crippen LogP contribution in [0.3, 0.4) is 0 Å². The SMILES string of the molecule is COc1c(C2CCN(CCCCNC(=O)c3ccc(-c4ccc(C#N)cc4)cc3)CC2)ccc2c1C(C)(C)CCC2(C)C. The molecule has 1 fully saturated rings. The molecule has 1 saturated heterocycles. The van der Waals surface area contributed by atoms with Crippen LogP contribution in [0.2, 0.25) is 0 Å². The first-order valence-corrected chi connectivity index (χ1v) is 16.0. The number of likely N-dealkylation sites (tertiary alicyclic amines) is 1. The number of fused-ring (bicyclic) bond motifs is 1. The number of amides is 1. The lowest BCUT2D eigenvalue weighted by atomic mass is 9.62. The van der Waals surface area contributed by atoms with Gasteiger partial charge < -0.3 is 15.0 Å². The van der Waals surface area contributed by atoms with Crippen molar-refractivity contribution in [2.24, 2.45) is 0 Å². The molecule has 0 spiro atoms. The highest BCUT2D eigenvalue weighted by Crippen LogP contribution is 2.52. The van der Waals surface area contributed by atoms with E-state index in [0.717, 1.165) is 62.2 Å². The van der Waals surface area contributed by atoms with Crippen molar-refractivity contribution in [2.45, 2.75) is 83.0 Å². The highest BCUT2D eigenvalue weighted by Gasteiger charge is 2.40. The van der Waals surface area contributed by atoms with E-state index in [2.05, 4.69) is 56.1 Å². The number of benzene rings is 3. The summed E-state index contributed by atoms with van der Waals surface area (Å²) in [5.41, 5.74) is 8.01. The van der Waals surface area contributed by atoms with Crippen LogP contribution in [-0.2, 0) is 10.8 Å². The van der Waals surface area contributed by atoms with Crippen molar-refractivity contribution in [3.05, 3.63) is 88.5 Å². The zero-order valence-corrected chi connectivity index (χ0v) is 26.6. The normalized spacial score (nSPS) is 18.0. The summed E-state index contributed by atoms with van der Waals surface area (Å²) in [5.74, 6) is 1.66. The van der Waals surface area contributed by atoms with E-state index in [9.17, 15) is 4.79 Å². The summed E-state index contributed by atoms with van der Waals surface area (Å²) in [6.45, 7) is 13.5. The molecule has 0 radical (unpaired) electrons. The molecule has 0 atom stereocenters. The monoisotopic (exact) mass is 577 g/mol. The molecule has 0 bridgehead atoms. The van der Waals surface area contributed by atoms with Gasteiger partial charge in [0.25, 0.3) is 5.91 Å². The highest BCUT2D eigenvalue weighted by molar-refractivity contribution is 5.94. The minimum absolute atomic E-state index is 0.0299. The number of ether oxygens (including phenoxy) is 1. The molecule has 5 rings (SSSR count). The average molecular weight is 578 g/mol. The fourth-order valence-electron chi connectivity index (χ4n) is 7.04. The summed E-state index contributed by atoms with van der Waals surface area (Å²) in [5, 5.41) is 12.1. The summed E-state index contributed by atoms with van der Waals surface area (Å²) < 4.78 is 6.17. The summed E-state index contributed by atoms with van der Waals surface area (Å²) in [7, 11) is 1.86. The Morgan fingerprint density at radius 2 is 1.53 bits per heavy atom. The van der Waals surface area contributed by atoms with E-state index in [1.165, 1.54) is 29.5 Å². The molecule has 1 aliphatic carbocycles. The Hall–Kier alpha value is -3.62. The quantitative estimate of drug-likeness (QED) is 0.262. The van der Waals surface area contributed by atoms with E-state index in [1.807, 2.05) is 55.6 Å². The molecule has 1 N–H and O–H groups in total. The molecule has 226 valence electrons. The number of piperidine rings is 1. The lowest BCUT2D eigenvalue weighted by Crippen LogP contribution is -2.36. The lowest BCUT2D eigenvalue weighted by Gasteiger charge is -2.43. The first-order chi connectivity index (χ1) is 20.6. The summed E-state index contributed by atoms with van der Waals surface area (Å²) in [6, 6.07) is 22.0. The van der Waals surface area contributed by atoms with Gasteiger partial charge in [-0.15, -0.1) is 0 Å². The number of methoxy groups -OCH3 is 1. The molecule has 0 saturated carbocycles. The lowest BCUT2D eigenvalue weighted by molar-refractivity contribution is 0.0952. The van der Waals surface area contributed by atoms with Gasteiger partial charge in [-0.05, 0) is 121 Å². The first kappa shape index (κ1) is 30.8. The van der Waals surface area contributed by atoms with Crippen LogP contribution in [0.15, 0.2) is 60.7 Å². The number of carbonyl (C=O) groups excluding carboxylic acids is 1. The number of hydrogen-bond donors (Lipinski definition) is 1. The predicted molar refractivity (Wildman–Crippen MR) is 175 cm³/mol. The molecule has 3 aromatic rings. The second-order valence-corrected chi connectivity index (χ2v) is 13.7. The van der Waals surface area contributed by atoms with Crippen LogP contribution >= 0.6 is 0 Å².